The van der Waals surface area contributed by atoms with E-state index in [-0.39, 0.29) is 40.8 Å². The van der Waals surface area contributed by atoms with Gasteiger partial charge in [0, 0.05) is 40.8 Å². The van der Waals surface area contributed by atoms with Crippen molar-refractivity contribution in [3.8, 4) is 0 Å². The van der Waals surface area contributed by atoms with E-state index in [9.17, 15) is 9.46 Å². The average Bonchev–Trinajstić information content (AvgIpc) is 2.28. The molecule has 0 bridgehead atoms. The van der Waals surface area contributed by atoms with Crippen molar-refractivity contribution < 1.29 is 59.3 Å². The molecule has 1 N–H and O–H groups in total. The van der Waals surface area contributed by atoms with Crippen molar-refractivity contribution in [2.75, 3.05) is 13.2 Å². The summed E-state index contributed by atoms with van der Waals surface area (Å²) in [5.41, 5.74) is 0. The Bertz CT molecular complexity index is 196. The van der Waals surface area contributed by atoms with Crippen LogP contribution in [0.1, 0.15) is 65.2 Å². The van der Waals surface area contributed by atoms with Crippen LogP contribution in [-0.4, -0.2) is 18.1 Å². The first-order chi connectivity index (χ1) is 8.12. The zero-order chi connectivity index (χ0) is 13.0. The summed E-state index contributed by atoms with van der Waals surface area (Å²) in [6.07, 6.45) is 8.26. The predicted octanol–water partition coefficient (Wildman–Crippen LogP) is 4.28. The molecule has 6 heteroatoms. The summed E-state index contributed by atoms with van der Waals surface area (Å²) >= 11 is 0. The minimum absolute atomic E-state index is 0. The fourth-order valence-corrected chi connectivity index (χ4v) is 2.25. The van der Waals surface area contributed by atoms with E-state index in [1.165, 1.54) is 0 Å². The van der Waals surface area contributed by atoms with Gasteiger partial charge in [0.15, 0.2) is 0 Å². The third-order valence-corrected chi connectivity index (χ3v) is 3.52. The molecule has 0 aliphatic heterocycles. The standard InChI is InChI=1S/C12H27O4P.Nd/c1-3-5-7-9-11-15-17(13,14)16-12-10-8-6-4-2;/h3-12H2,1-2H3,(H,13,14);. The Morgan fingerprint density at radius 1 is 0.833 bits per heavy atom. The molecule has 0 aliphatic carbocycles. The zero-order valence-corrected chi connectivity index (χ0v) is 15.8. The van der Waals surface area contributed by atoms with Crippen molar-refractivity contribution in [1.82, 2.24) is 0 Å². The Labute approximate surface area is 144 Å². The summed E-state index contributed by atoms with van der Waals surface area (Å²) in [4.78, 5) is 9.34. The summed E-state index contributed by atoms with van der Waals surface area (Å²) in [5, 5.41) is 0. The van der Waals surface area contributed by atoms with Crippen LogP contribution >= 0.6 is 7.82 Å². The summed E-state index contributed by atoms with van der Waals surface area (Å²) in [7, 11) is -3.79. The number of hydrogen-bond donors (Lipinski definition) is 1. The number of hydrogen-bond acceptors (Lipinski definition) is 3. The van der Waals surface area contributed by atoms with E-state index in [1.54, 1.807) is 0 Å². The Kier molecular flexibility index (Phi) is 18.0. The maximum absolute atomic E-state index is 11.4. The largest absolute Gasteiger partial charge is 0.472 e. The molecule has 0 saturated heterocycles. The molecule has 0 rings (SSSR count). The zero-order valence-electron chi connectivity index (χ0n) is 11.7. The quantitative estimate of drug-likeness (QED) is 0.385. The summed E-state index contributed by atoms with van der Waals surface area (Å²) in [5.74, 6) is 0. The van der Waals surface area contributed by atoms with Crippen LogP contribution in [0.2, 0.25) is 0 Å². The summed E-state index contributed by atoms with van der Waals surface area (Å²) in [6.45, 7) is 4.86. The minimum Gasteiger partial charge on any atom is -0.302 e. The molecule has 18 heavy (non-hydrogen) atoms. The summed E-state index contributed by atoms with van der Waals surface area (Å²) < 4.78 is 21.1. The molecule has 0 fully saturated rings. The smallest absolute Gasteiger partial charge is 0.302 e. The van der Waals surface area contributed by atoms with Crippen molar-refractivity contribution in [3.63, 3.8) is 0 Å². The molecule has 0 aromatic rings. The van der Waals surface area contributed by atoms with Gasteiger partial charge in [0.2, 0.25) is 0 Å². The average molecular weight is 411 g/mol. The van der Waals surface area contributed by atoms with E-state index >= 15 is 0 Å². The molecule has 0 spiro atoms. The monoisotopic (exact) mass is 408 g/mol. The van der Waals surface area contributed by atoms with E-state index < -0.39 is 7.82 Å². The molecule has 0 atom stereocenters. The van der Waals surface area contributed by atoms with E-state index in [0.29, 0.717) is 13.2 Å². The Morgan fingerprint density at radius 3 is 1.56 bits per heavy atom. The van der Waals surface area contributed by atoms with Gasteiger partial charge in [-0.05, 0) is 12.8 Å². The molecule has 0 radical (unpaired) electrons. The minimum atomic E-state index is -3.79. The van der Waals surface area contributed by atoms with Crippen molar-refractivity contribution in [3.05, 3.63) is 0 Å². The number of phosphoric ester groups is 1. The predicted molar refractivity (Wildman–Crippen MR) is 70.0 cm³/mol. The van der Waals surface area contributed by atoms with Crippen molar-refractivity contribution in [2.24, 2.45) is 0 Å². The van der Waals surface area contributed by atoms with Crippen LogP contribution in [0.25, 0.3) is 0 Å². The Balaban J connectivity index is 0. The van der Waals surface area contributed by atoms with Gasteiger partial charge in [-0.1, -0.05) is 52.4 Å². The first-order valence-electron chi connectivity index (χ1n) is 6.74. The van der Waals surface area contributed by atoms with Crippen molar-refractivity contribution in [2.45, 2.75) is 65.2 Å². The van der Waals surface area contributed by atoms with Gasteiger partial charge in [0.25, 0.3) is 0 Å². The van der Waals surface area contributed by atoms with Crippen LogP contribution in [0.5, 0.6) is 0 Å². The van der Waals surface area contributed by atoms with Gasteiger partial charge in [-0.3, -0.25) is 9.05 Å². The maximum atomic E-state index is 11.4. The second-order valence-corrected chi connectivity index (χ2v) is 5.71. The van der Waals surface area contributed by atoms with Gasteiger partial charge < -0.3 is 4.89 Å². The molecule has 0 aromatic carbocycles. The Hall–Kier alpha value is 1.46. The van der Waals surface area contributed by atoms with Crippen LogP contribution in [-0.2, 0) is 13.6 Å². The van der Waals surface area contributed by atoms with Gasteiger partial charge in [-0.15, -0.1) is 0 Å². The fraction of sp³-hybridized carbons (Fsp3) is 1.00. The maximum Gasteiger partial charge on any atom is 0.472 e. The van der Waals surface area contributed by atoms with Crippen LogP contribution in [0.3, 0.4) is 0 Å². The van der Waals surface area contributed by atoms with Crippen molar-refractivity contribution in [1.29, 1.82) is 0 Å². The van der Waals surface area contributed by atoms with E-state index in [0.717, 1.165) is 51.4 Å². The van der Waals surface area contributed by atoms with Crippen molar-refractivity contribution >= 4 is 7.82 Å². The van der Waals surface area contributed by atoms with Gasteiger partial charge in [-0.2, -0.15) is 0 Å². The molecule has 108 valence electrons. The number of phosphoric acid groups is 1. The normalized spacial score (nSPS) is 11.3. The van der Waals surface area contributed by atoms with E-state index in [4.69, 9.17) is 9.05 Å². The molecule has 0 amide bonds. The third kappa shape index (κ3) is 15.5. The topological polar surface area (TPSA) is 55.8 Å². The molecular weight excluding hydrogens is 383 g/mol. The number of unbranched alkanes of at least 4 members (excludes halogenated alkanes) is 6. The molecule has 0 aliphatic rings. The van der Waals surface area contributed by atoms with Gasteiger partial charge >= 0.3 is 7.82 Å². The van der Waals surface area contributed by atoms with Crippen LogP contribution in [0.15, 0.2) is 0 Å². The van der Waals surface area contributed by atoms with Gasteiger partial charge in [0.1, 0.15) is 0 Å². The van der Waals surface area contributed by atoms with Gasteiger partial charge in [-0.25, -0.2) is 4.57 Å². The van der Waals surface area contributed by atoms with Crippen LogP contribution < -0.4 is 0 Å². The number of rotatable bonds is 12. The first-order valence-corrected chi connectivity index (χ1v) is 8.23. The van der Waals surface area contributed by atoms with Crippen LogP contribution in [0, 0.1) is 40.8 Å². The SMILES string of the molecule is CCCCCCOP(=O)(O)OCCCCCC.[Nd]. The second kappa shape index (κ2) is 14.9. The molecule has 4 nitrogen and oxygen atoms in total. The molecule has 0 heterocycles. The summed E-state index contributed by atoms with van der Waals surface area (Å²) in [6, 6.07) is 0. The second-order valence-electron chi connectivity index (χ2n) is 4.26. The van der Waals surface area contributed by atoms with Crippen LogP contribution in [0.4, 0.5) is 0 Å². The van der Waals surface area contributed by atoms with Gasteiger partial charge in [0.05, 0.1) is 13.2 Å². The fourth-order valence-electron chi connectivity index (χ4n) is 1.45. The molecule has 0 saturated carbocycles. The molecule has 0 aromatic heterocycles. The van der Waals surface area contributed by atoms with E-state index in [2.05, 4.69) is 13.8 Å². The molecular formula is C12H27NdO4P. The Morgan fingerprint density at radius 2 is 1.22 bits per heavy atom. The first kappa shape index (κ1) is 21.8. The van der Waals surface area contributed by atoms with E-state index in [1.807, 2.05) is 0 Å². The molecule has 0 unspecified atom stereocenters. The third-order valence-electron chi connectivity index (χ3n) is 2.50.